The van der Waals surface area contributed by atoms with E-state index in [0.29, 0.717) is 13.1 Å². The molecule has 18 heavy (non-hydrogen) atoms. The number of benzene rings is 1. The Bertz CT molecular complexity index is 416. The summed E-state index contributed by atoms with van der Waals surface area (Å²) in [5.41, 5.74) is 7.02. The minimum atomic E-state index is -0.799. The zero-order valence-corrected chi connectivity index (χ0v) is 11.6. The number of carbonyl (C=O) groups is 1. The van der Waals surface area contributed by atoms with Crippen molar-refractivity contribution in [1.29, 1.82) is 0 Å². The summed E-state index contributed by atoms with van der Waals surface area (Å²) in [6.07, 6.45) is 0. The van der Waals surface area contributed by atoms with E-state index in [9.17, 15) is 4.79 Å². The molecule has 1 amide bonds. The van der Waals surface area contributed by atoms with Crippen LogP contribution in [0.2, 0.25) is 0 Å². The molecule has 4 heteroatoms. The van der Waals surface area contributed by atoms with Gasteiger partial charge < -0.3 is 15.4 Å². The van der Waals surface area contributed by atoms with Crippen LogP contribution in [0.15, 0.2) is 24.3 Å². The molecule has 0 fully saturated rings. The number of carbonyl (C=O) groups excluding carboxylic acids is 1. The van der Waals surface area contributed by atoms with Gasteiger partial charge in [-0.1, -0.05) is 24.3 Å². The van der Waals surface area contributed by atoms with E-state index in [1.807, 2.05) is 24.3 Å². The van der Waals surface area contributed by atoms with Crippen molar-refractivity contribution in [2.75, 3.05) is 14.2 Å². The molecule has 0 aliphatic heterocycles. The number of ether oxygens (including phenoxy) is 1. The lowest BCUT2D eigenvalue weighted by atomic mass is 10.1. The lowest BCUT2D eigenvalue weighted by molar-refractivity contribution is -0.150. The summed E-state index contributed by atoms with van der Waals surface area (Å²) in [4.78, 5) is 13.8. The maximum absolute atomic E-state index is 12.2. The Kier molecular flexibility index (Phi) is 4.87. The van der Waals surface area contributed by atoms with Crippen molar-refractivity contribution < 1.29 is 9.53 Å². The molecule has 0 spiro atoms. The maximum atomic E-state index is 12.2. The number of likely N-dealkylation sites (N-methyl/N-ethyl adjacent to an activating group) is 1. The van der Waals surface area contributed by atoms with Crippen LogP contribution in [-0.2, 0) is 22.6 Å². The molecule has 4 nitrogen and oxygen atoms in total. The first kappa shape index (κ1) is 14.7. The zero-order chi connectivity index (χ0) is 13.8. The molecule has 0 bridgehead atoms. The summed E-state index contributed by atoms with van der Waals surface area (Å²) in [5.74, 6) is -0.0446. The van der Waals surface area contributed by atoms with Crippen LogP contribution in [0.25, 0.3) is 0 Å². The normalized spacial score (nSPS) is 11.4. The molecule has 0 aliphatic carbocycles. The SMILES string of the molecule is COC(C)(C)C(=O)N(C)Cc1ccccc1CN. The van der Waals surface area contributed by atoms with Crippen LogP contribution in [0.3, 0.4) is 0 Å². The Morgan fingerprint density at radius 3 is 2.39 bits per heavy atom. The Balaban J connectivity index is 2.82. The number of hydrogen-bond donors (Lipinski definition) is 1. The highest BCUT2D eigenvalue weighted by Crippen LogP contribution is 2.15. The summed E-state index contributed by atoms with van der Waals surface area (Å²) in [5, 5.41) is 0. The van der Waals surface area contributed by atoms with E-state index in [1.165, 1.54) is 0 Å². The summed E-state index contributed by atoms with van der Waals surface area (Å²) in [6.45, 7) is 4.55. The van der Waals surface area contributed by atoms with Crippen LogP contribution in [-0.4, -0.2) is 30.6 Å². The summed E-state index contributed by atoms with van der Waals surface area (Å²) >= 11 is 0. The molecular weight excluding hydrogens is 228 g/mol. The van der Waals surface area contributed by atoms with Crippen molar-refractivity contribution in [2.45, 2.75) is 32.5 Å². The van der Waals surface area contributed by atoms with Gasteiger partial charge in [0.05, 0.1) is 0 Å². The number of amides is 1. The topological polar surface area (TPSA) is 55.6 Å². The minimum Gasteiger partial charge on any atom is -0.369 e. The lowest BCUT2D eigenvalue weighted by Gasteiger charge is -2.28. The molecule has 0 radical (unpaired) electrons. The van der Waals surface area contributed by atoms with Gasteiger partial charge >= 0.3 is 0 Å². The van der Waals surface area contributed by atoms with Crippen LogP contribution in [0.5, 0.6) is 0 Å². The van der Waals surface area contributed by atoms with Gasteiger partial charge in [0.15, 0.2) is 0 Å². The van der Waals surface area contributed by atoms with Crippen LogP contribution in [0.1, 0.15) is 25.0 Å². The smallest absolute Gasteiger partial charge is 0.254 e. The summed E-state index contributed by atoms with van der Waals surface area (Å²) < 4.78 is 5.20. The first-order valence-corrected chi connectivity index (χ1v) is 6.00. The number of methoxy groups -OCH3 is 1. The van der Waals surface area contributed by atoms with Crippen LogP contribution < -0.4 is 5.73 Å². The Hall–Kier alpha value is -1.39. The third-order valence-corrected chi connectivity index (χ3v) is 3.12. The van der Waals surface area contributed by atoms with Crippen LogP contribution in [0.4, 0.5) is 0 Å². The predicted molar refractivity (Wildman–Crippen MR) is 71.9 cm³/mol. The second-order valence-corrected chi connectivity index (χ2v) is 4.85. The minimum absolute atomic E-state index is 0.0446. The Labute approximate surface area is 109 Å². The van der Waals surface area contributed by atoms with Gasteiger partial charge in [0.25, 0.3) is 5.91 Å². The fourth-order valence-electron chi connectivity index (χ4n) is 1.79. The third kappa shape index (κ3) is 3.31. The Morgan fingerprint density at radius 2 is 1.89 bits per heavy atom. The van der Waals surface area contributed by atoms with Gasteiger partial charge in [-0.25, -0.2) is 0 Å². The molecule has 1 aromatic rings. The van der Waals surface area contributed by atoms with Gasteiger partial charge in [0.1, 0.15) is 5.60 Å². The van der Waals surface area contributed by atoms with E-state index < -0.39 is 5.60 Å². The molecular formula is C14H22N2O2. The highest BCUT2D eigenvalue weighted by Gasteiger charge is 2.30. The Morgan fingerprint density at radius 1 is 1.33 bits per heavy atom. The summed E-state index contributed by atoms with van der Waals surface area (Å²) in [6, 6.07) is 7.88. The van der Waals surface area contributed by atoms with Crippen molar-refractivity contribution in [2.24, 2.45) is 5.73 Å². The van der Waals surface area contributed by atoms with Gasteiger partial charge in [0.2, 0.25) is 0 Å². The molecule has 1 aromatic carbocycles. The maximum Gasteiger partial charge on any atom is 0.254 e. The second-order valence-electron chi connectivity index (χ2n) is 4.85. The van der Waals surface area contributed by atoms with E-state index in [-0.39, 0.29) is 5.91 Å². The molecule has 0 atom stereocenters. The fraction of sp³-hybridized carbons (Fsp3) is 0.500. The largest absolute Gasteiger partial charge is 0.369 e. The third-order valence-electron chi connectivity index (χ3n) is 3.12. The molecule has 0 saturated heterocycles. The van der Waals surface area contributed by atoms with E-state index >= 15 is 0 Å². The number of nitrogens with zero attached hydrogens (tertiary/aromatic N) is 1. The molecule has 0 heterocycles. The highest BCUT2D eigenvalue weighted by molar-refractivity contribution is 5.84. The van der Waals surface area contributed by atoms with E-state index in [2.05, 4.69) is 0 Å². The molecule has 1 rings (SSSR count). The molecule has 0 aliphatic rings. The van der Waals surface area contributed by atoms with Gasteiger partial charge in [-0.05, 0) is 25.0 Å². The highest BCUT2D eigenvalue weighted by atomic mass is 16.5. The van der Waals surface area contributed by atoms with Crippen molar-refractivity contribution in [3.8, 4) is 0 Å². The number of nitrogens with two attached hydrogens (primary N) is 1. The van der Waals surface area contributed by atoms with E-state index in [0.717, 1.165) is 11.1 Å². The average Bonchev–Trinajstić information content (AvgIpc) is 2.38. The molecule has 0 unspecified atom stereocenters. The second kappa shape index (κ2) is 5.98. The van der Waals surface area contributed by atoms with Gasteiger partial charge in [-0.3, -0.25) is 4.79 Å². The molecule has 2 N–H and O–H groups in total. The number of hydrogen-bond acceptors (Lipinski definition) is 3. The predicted octanol–water partition coefficient (Wildman–Crippen LogP) is 1.53. The van der Waals surface area contributed by atoms with Crippen molar-refractivity contribution in [1.82, 2.24) is 4.90 Å². The quantitative estimate of drug-likeness (QED) is 0.862. The summed E-state index contributed by atoms with van der Waals surface area (Å²) in [7, 11) is 3.32. The van der Waals surface area contributed by atoms with Crippen LogP contribution >= 0.6 is 0 Å². The van der Waals surface area contributed by atoms with E-state index in [4.69, 9.17) is 10.5 Å². The van der Waals surface area contributed by atoms with Gasteiger partial charge in [0, 0.05) is 27.2 Å². The van der Waals surface area contributed by atoms with Gasteiger partial charge in [-0.15, -0.1) is 0 Å². The van der Waals surface area contributed by atoms with Crippen LogP contribution in [0, 0.1) is 0 Å². The van der Waals surface area contributed by atoms with Crippen molar-refractivity contribution in [3.05, 3.63) is 35.4 Å². The first-order chi connectivity index (χ1) is 8.42. The lowest BCUT2D eigenvalue weighted by Crippen LogP contribution is -2.44. The molecule has 0 saturated carbocycles. The monoisotopic (exact) mass is 250 g/mol. The van der Waals surface area contributed by atoms with E-state index in [1.54, 1.807) is 32.9 Å². The average molecular weight is 250 g/mol. The molecule has 0 aromatic heterocycles. The standard InChI is InChI=1S/C14H22N2O2/c1-14(2,18-4)13(17)16(3)10-12-8-6-5-7-11(12)9-15/h5-8H,9-10,15H2,1-4H3. The van der Waals surface area contributed by atoms with Crippen molar-refractivity contribution >= 4 is 5.91 Å². The van der Waals surface area contributed by atoms with Gasteiger partial charge in [-0.2, -0.15) is 0 Å². The first-order valence-electron chi connectivity index (χ1n) is 6.00. The van der Waals surface area contributed by atoms with Crippen molar-refractivity contribution in [3.63, 3.8) is 0 Å². The number of rotatable bonds is 5. The molecule has 100 valence electrons. The zero-order valence-electron chi connectivity index (χ0n) is 11.6. The fourth-order valence-corrected chi connectivity index (χ4v) is 1.79.